The van der Waals surface area contributed by atoms with Crippen LogP contribution in [0.4, 0.5) is 11.6 Å². The normalized spacial score (nSPS) is 23.2. The number of carbonyl (C=O) groups excluding carboxylic acids is 6. The number of Topliss-reactive ketones (excluding diaryl/α,β-unsaturated/α-hetero) is 2. The Hall–Kier alpha value is -6.36. The van der Waals surface area contributed by atoms with Crippen molar-refractivity contribution in [2.45, 2.75) is 185 Å². The van der Waals surface area contributed by atoms with Crippen molar-refractivity contribution < 1.29 is 161 Å². The van der Waals surface area contributed by atoms with E-state index in [-0.39, 0.29) is 97.4 Å². The molecule has 4 aliphatic rings. The van der Waals surface area contributed by atoms with E-state index < -0.39 is 180 Å². The Kier molecular flexibility index (Phi) is 31.3. The van der Waals surface area contributed by atoms with Gasteiger partial charge in [0.05, 0.1) is 54.7 Å². The molecule has 117 heavy (non-hydrogen) atoms. The number of nitrogens with two attached hydrogens (primary N) is 2. The lowest BCUT2D eigenvalue weighted by molar-refractivity contribution is -0.348. The molecule has 0 spiro atoms. The van der Waals surface area contributed by atoms with Gasteiger partial charge < -0.3 is 138 Å². The number of ketones is 2. The second-order valence-electron chi connectivity index (χ2n) is 29.8. The van der Waals surface area contributed by atoms with Gasteiger partial charge in [-0.05, 0) is 75.3 Å². The summed E-state index contributed by atoms with van der Waals surface area (Å²) in [4.78, 5) is 198. The number of nitrogen functional groups attached to an aromatic ring is 2. The molecular formula is C63H88N14O34P6-8. The number of imidazole rings is 2. The number of aliphatic hydroxyl groups is 4. The highest BCUT2D eigenvalue weighted by Gasteiger charge is 2.52. The average Bonchev–Trinajstić information content (AvgIpc) is 1.60. The quantitative estimate of drug-likeness (QED) is 0.0131. The van der Waals surface area contributed by atoms with Gasteiger partial charge in [0.15, 0.2) is 35.4 Å². The Bertz CT molecular complexity index is 4690. The summed E-state index contributed by atoms with van der Waals surface area (Å²) in [5.41, 5.74) is 9.17. The predicted octanol–water partition coefficient (Wildman–Crippen LogP) is -4.02. The molecule has 48 nitrogen and oxygen atoms in total. The van der Waals surface area contributed by atoms with E-state index in [1.807, 2.05) is 18.2 Å². The van der Waals surface area contributed by atoms with Crippen molar-refractivity contribution in [2.24, 2.45) is 21.7 Å². The number of hydrogen-bond donors (Lipinski definition) is 10. The summed E-state index contributed by atoms with van der Waals surface area (Å²) in [6.45, 7) is -0.606. The number of fused-ring (bicyclic) bond motifs is 2. The van der Waals surface area contributed by atoms with E-state index in [1.54, 1.807) is 0 Å². The lowest BCUT2D eigenvalue weighted by atomic mass is 9.87. The van der Waals surface area contributed by atoms with Crippen LogP contribution in [-0.4, -0.2) is 196 Å². The van der Waals surface area contributed by atoms with Gasteiger partial charge in [0.1, 0.15) is 84.1 Å². The lowest BCUT2D eigenvalue weighted by Crippen LogP contribution is -2.46. The van der Waals surface area contributed by atoms with Crippen LogP contribution >= 0.6 is 46.9 Å². The number of aryl methyl sites for hydroxylation is 2. The standard InChI is InChI=1S/C63H96N14O34P6/c1-60(2,30-104-116(98,99)110-114(94,95)102-28-38-48(108-112(88,89)90)46(82)58(106-38)76-34-74-44-52(64)70-32-72-54(44)76)50(84)56(86)68-25-15-42(80)66-23-13-40(78)62(19-20-62)17-6-5-9-36-10-7-11-37(27-36)12-8-18-63(21-22-63)41(79)14-24-67-43(81)16-26-69-57(87)51(85)61(3,4)31-105-117(100,101)111-115(96,97)103-29-39-49(109-113(91,92)93)47(83)59(107-39)77-35-75-45-53(65)71-33-73-55(45)77/h7,10-11,27,32-35,38-39,46-51,58-59,82-85H,5-6,8-9,12-26,28-31H2,1-4H3,(H,66,80)(H,67,81)(H,68,86)(H,69,87)(H,94,95)(H,96,97)(H,98,99)(H,100,101)(H2,64,70,72)(H2,65,71,73)(H2,88,89,90)(H2,91,92,93)/p-8. The SMILES string of the molecule is CC(C)(COP(=O)([O-])OP(=O)([O-])OCC1OC(n2cnc3c(N)ncnc32)C(O)C1OP(=O)([O-])[O-])C(O)C(=O)NCCC(=O)NCCC(=O)C1(CCCCc2cccc(CCCC3(C(=O)CCNC(=O)CCNC(=O)C(O)C(C)(C)COP(=O)([O-])OP(=O)([O-])OCC4OC(n5cnc6c(N)ncnc65)C(O)C4OP(=O)([O-])[O-])CC3)c2)CC1. The summed E-state index contributed by atoms with van der Waals surface area (Å²) in [5, 5.41) is 53.3. The number of aliphatic hydroxyl groups excluding tert-OH is 4. The molecule has 2 aliphatic carbocycles. The van der Waals surface area contributed by atoms with Gasteiger partial charge in [-0.25, -0.2) is 38.5 Å². The zero-order valence-corrected chi connectivity index (χ0v) is 68.5. The fourth-order valence-corrected chi connectivity index (χ4v) is 18.5. The van der Waals surface area contributed by atoms with Gasteiger partial charge in [-0.2, -0.15) is 0 Å². The second kappa shape index (κ2) is 38.8. The first kappa shape index (κ1) is 94.5. The zero-order chi connectivity index (χ0) is 86.1. The number of hydrogen-bond acceptors (Lipinski definition) is 42. The summed E-state index contributed by atoms with van der Waals surface area (Å²) < 4.78 is 123. The first-order chi connectivity index (χ1) is 54.5. The molecule has 2 aliphatic heterocycles. The van der Waals surface area contributed by atoms with Gasteiger partial charge in [0.25, 0.3) is 31.3 Å². The zero-order valence-electron chi connectivity index (χ0n) is 63.1. The van der Waals surface area contributed by atoms with E-state index >= 15 is 0 Å². The number of phosphoric ester groups is 6. The average molecular weight is 1770 g/mol. The molecule has 0 radical (unpaired) electrons. The third kappa shape index (κ3) is 26.6. The third-order valence-electron chi connectivity index (χ3n) is 19.8. The van der Waals surface area contributed by atoms with Crippen molar-refractivity contribution in [1.29, 1.82) is 0 Å². The maximum absolute atomic E-state index is 13.4. The van der Waals surface area contributed by atoms with E-state index in [4.69, 9.17) is 20.9 Å². The van der Waals surface area contributed by atoms with Crippen LogP contribution in [-0.2, 0) is 114 Å². The number of rotatable bonds is 49. The lowest BCUT2D eigenvalue weighted by Gasteiger charge is -2.36. The number of unbranched alkanes of at least 4 members (excludes halogenated alkanes) is 1. The van der Waals surface area contributed by atoms with Crippen molar-refractivity contribution in [3.05, 3.63) is 60.7 Å². The van der Waals surface area contributed by atoms with Crippen molar-refractivity contribution in [2.75, 3.05) is 64.1 Å². The predicted molar refractivity (Wildman–Crippen MR) is 381 cm³/mol. The summed E-state index contributed by atoms with van der Waals surface area (Å²) >= 11 is 0. The molecule has 14 atom stereocenters. The number of carbonyl (C=O) groups is 6. The van der Waals surface area contributed by atoms with Crippen LogP contribution in [0.2, 0.25) is 0 Å². The fourth-order valence-electron chi connectivity index (χ4n) is 13.0. The van der Waals surface area contributed by atoms with Crippen LogP contribution in [0.25, 0.3) is 22.3 Å². The van der Waals surface area contributed by atoms with Crippen LogP contribution in [0.3, 0.4) is 0 Å². The molecule has 14 unspecified atom stereocenters. The van der Waals surface area contributed by atoms with E-state index in [9.17, 15) is 116 Å². The van der Waals surface area contributed by atoms with Gasteiger partial charge >= 0.3 is 0 Å². The third-order valence-corrected chi connectivity index (χ3v) is 25.9. The Balaban J connectivity index is 0.592. The highest BCUT2D eigenvalue weighted by molar-refractivity contribution is 7.60. The van der Waals surface area contributed by atoms with Crippen LogP contribution in [0.15, 0.2) is 49.6 Å². The Morgan fingerprint density at radius 2 is 0.906 bits per heavy atom. The molecule has 1 aromatic carbocycles. The minimum absolute atomic E-state index is 0.0000169. The number of amides is 4. The molecule has 12 N–H and O–H groups in total. The molecule has 4 fully saturated rings. The number of aromatic nitrogens is 8. The summed E-state index contributed by atoms with van der Waals surface area (Å²) in [6, 6.07) is 8.11. The van der Waals surface area contributed by atoms with Gasteiger partial charge in [0, 0.05) is 73.5 Å². The maximum Gasteiger partial charge on any atom is 0.274 e. The number of nitrogens with zero attached hydrogens (tertiary/aromatic N) is 8. The van der Waals surface area contributed by atoms with Crippen LogP contribution < -0.4 is 71.9 Å². The number of nitrogens with one attached hydrogen (secondary N) is 4. The Labute approximate surface area is 666 Å². The van der Waals surface area contributed by atoms with Crippen molar-refractivity contribution in [1.82, 2.24) is 60.3 Å². The molecule has 4 aromatic heterocycles. The highest BCUT2D eigenvalue weighted by atomic mass is 31.3. The number of ether oxygens (including phenoxy) is 2. The van der Waals surface area contributed by atoms with Gasteiger partial charge in [0.2, 0.25) is 23.6 Å². The fraction of sp³-hybridized carbons (Fsp3) is 0.651. The monoisotopic (exact) mass is 1770 g/mol. The molecule has 5 aromatic rings. The van der Waals surface area contributed by atoms with Gasteiger partial charge in [-0.15, -0.1) is 0 Å². The summed E-state index contributed by atoms with van der Waals surface area (Å²) in [5.74, 6) is -3.41. The minimum atomic E-state index is -5.99. The smallest absolute Gasteiger partial charge is 0.274 e. The molecule has 9 rings (SSSR count). The first-order valence-corrected chi connectivity index (χ1v) is 45.1. The molecule has 54 heteroatoms. The van der Waals surface area contributed by atoms with E-state index in [1.165, 1.54) is 27.7 Å². The highest BCUT2D eigenvalue weighted by Crippen LogP contribution is 2.59. The van der Waals surface area contributed by atoms with Crippen LogP contribution in [0.1, 0.15) is 135 Å². The maximum atomic E-state index is 13.4. The number of anilines is 2. The molecule has 2 saturated heterocycles. The van der Waals surface area contributed by atoms with Crippen molar-refractivity contribution in [3.8, 4) is 0 Å². The Morgan fingerprint density at radius 3 is 1.29 bits per heavy atom. The van der Waals surface area contributed by atoms with Crippen LogP contribution in [0.5, 0.6) is 0 Å². The second-order valence-corrected chi connectivity index (χ2v) is 37.9. The van der Waals surface area contributed by atoms with Gasteiger partial charge in [-0.1, -0.05) is 58.4 Å². The first-order valence-electron chi connectivity index (χ1n) is 36.3. The van der Waals surface area contributed by atoms with Crippen molar-refractivity contribution >= 4 is 116 Å². The molecule has 2 saturated carbocycles. The van der Waals surface area contributed by atoms with E-state index in [2.05, 4.69) is 93.0 Å². The minimum Gasteiger partial charge on any atom is -0.790 e. The molecule has 6 heterocycles. The van der Waals surface area contributed by atoms with E-state index in [0.29, 0.717) is 44.9 Å². The number of phosphoric acid groups is 6. The molecular weight excluding hydrogens is 1680 g/mol. The Morgan fingerprint density at radius 1 is 0.538 bits per heavy atom. The molecule has 652 valence electrons. The molecule has 0 bridgehead atoms. The van der Waals surface area contributed by atoms with Crippen molar-refractivity contribution in [3.63, 3.8) is 0 Å². The number of benzene rings is 1. The largest absolute Gasteiger partial charge is 0.790 e. The summed E-state index contributed by atoms with van der Waals surface area (Å²) in [7, 11) is -35.6. The van der Waals surface area contributed by atoms with Crippen LogP contribution in [0, 0.1) is 21.7 Å². The van der Waals surface area contributed by atoms with E-state index in [0.717, 1.165) is 71.3 Å². The van der Waals surface area contributed by atoms with Gasteiger partial charge in [-0.3, -0.25) is 56.2 Å². The topological polar surface area (TPSA) is 750 Å². The molecule has 4 amide bonds. The summed E-state index contributed by atoms with van der Waals surface area (Å²) in [6.07, 6.45) is -7.88.